The first-order chi connectivity index (χ1) is 16.5. The lowest BCUT2D eigenvalue weighted by Crippen LogP contribution is -3.00. The zero-order chi connectivity index (χ0) is 25.1. The van der Waals surface area contributed by atoms with Crippen LogP contribution in [0.1, 0.15) is 48.7 Å². The van der Waals surface area contributed by atoms with Crippen LogP contribution in [0.4, 0.5) is 5.69 Å². The highest BCUT2D eigenvalue weighted by Gasteiger charge is 2.38. The van der Waals surface area contributed by atoms with Gasteiger partial charge in [-0.3, -0.25) is 14.4 Å². The number of hydrogen-bond acceptors (Lipinski definition) is 8. The summed E-state index contributed by atoms with van der Waals surface area (Å²) in [5.41, 5.74) is -0.619. The van der Waals surface area contributed by atoms with Crippen LogP contribution in [0.2, 0.25) is 0 Å². The number of ketones is 1. The molecule has 35 heavy (non-hydrogen) atoms. The molecular formula is C24H27N3O8. The number of aromatic hydroxyl groups is 1. The Morgan fingerprint density at radius 2 is 2.03 bits per heavy atom. The zero-order valence-corrected chi connectivity index (χ0v) is 19.4. The Balaban J connectivity index is 1.29. The second-order valence-corrected chi connectivity index (χ2v) is 10.1. The van der Waals surface area contributed by atoms with E-state index in [0.29, 0.717) is 19.6 Å². The van der Waals surface area contributed by atoms with Gasteiger partial charge >= 0.3 is 5.56 Å². The van der Waals surface area contributed by atoms with Crippen molar-refractivity contribution in [2.45, 2.75) is 44.8 Å². The number of quaternary nitrogens is 1. The normalized spacial score (nSPS) is 23.1. The molecule has 3 unspecified atom stereocenters. The Labute approximate surface area is 200 Å². The molecule has 3 aliphatic rings. The van der Waals surface area contributed by atoms with Gasteiger partial charge in [0, 0.05) is 49.4 Å². The summed E-state index contributed by atoms with van der Waals surface area (Å²) in [7, 11) is 0. The number of hydrogen-bond donors (Lipinski definition) is 3. The van der Waals surface area contributed by atoms with Gasteiger partial charge in [-0.1, -0.05) is 0 Å². The van der Waals surface area contributed by atoms with Crippen molar-refractivity contribution in [3.8, 4) is 17.2 Å². The lowest BCUT2D eigenvalue weighted by molar-refractivity contribution is -0.992. The topological polar surface area (TPSA) is 146 Å². The van der Waals surface area contributed by atoms with E-state index in [0.717, 1.165) is 12.1 Å². The van der Waals surface area contributed by atoms with Crippen LogP contribution < -0.4 is 20.3 Å². The van der Waals surface area contributed by atoms with Crippen molar-refractivity contribution in [1.29, 1.82) is 0 Å². The third-order valence-electron chi connectivity index (χ3n) is 6.86. The van der Waals surface area contributed by atoms with Gasteiger partial charge in [0.2, 0.25) is 5.69 Å². The van der Waals surface area contributed by atoms with Crippen LogP contribution in [0.15, 0.2) is 29.1 Å². The molecule has 3 aliphatic heterocycles. The average Bonchev–Trinajstić information content (AvgIpc) is 2.76. The van der Waals surface area contributed by atoms with Crippen LogP contribution >= 0.6 is 0 Å². The molecule has 0 saturated carbocycles. The molecule has 0 radical (unpaired) electrons. The number of ether oxygens (including phenoxy) is 2. The number of aromatic nitrogens is 1. The molecule has 11 nitrogen and oxygen atoms in total. The fourth-order valence-corrected chi connectivity index (χ4v) is 5.38. The number of fused-ring (bicyclic) bond motifs is 5. The fourth-order valence-electron chi connectivity index (χ4n) is 5.38. The van der Waals surface area contributed by atoms with Gasteiger partial charge in [-0.15, -0.1) is 0 Å². The van der Waals surface area contributed by atoms with Gasteiger partial charge in [0.15, 0.2) is 12.4 Å². The maximum Gasteiger partial charge on any atom is 0.315 e. The predicted octanol–water partition coefficient (Wildman–Crippen LogP) is 0.726. The summed E-state index contributed by atoms with van der Waals surface area (Å²) in [5.74, 6) is -0.309. The first kappa shape index (κ1) is 23.3. The average molecular weight is 485 g/mol. The predicted molar refractivity (Wildman–Crippen MR) is 121 cm³/mol. The Morgan fingerprint density at radius 1 is 1.26 bits per heavy atom. The molecule has 1 saturated heterocycles. The highest BCUT2D eigenvalue weighted by Crippen LogP contribution is 2.41. The van der Waals surface area contributed by atoms with Crippen LogP contribution in [0.25, 0.3) is 0 Å². The Bertz CT molecular complexity index is 1270. The molecule has 3 atom stereocenters. The number of carbonyl (C=O) groups is 2. The number of benzene rings is 1. The van der Waals surface area contributed by atoms with Crippen molar-refractivity contribution in [3.05, 3.63) is 51.1 Å². The standard InChI is InChI=1S/C24H27N3O8/c1-24(2)8-19(29)22-18(28)6-15(7-20(22)35-24)34-12-21(30)25-9-13-5-14(11-25)16-3-4-17(27(32)33)23(31)26(16)10-13/h3-4,6-7,13-14,27-28,32H,5,8-12H2,1-2H3. The van der Waals surface area contributed by atoms with E-state index in [2.05, 4.69) is 0 Å². The molecule has 0 aliphatic carbocycles. The molecule has 11 heteroatoms. The Hall–Kier alpha value is -3.41. The first-order valence-electron chi connectivity index (χ1n) is 11.5. The maximum absolute atomic E-state index is 13.0. The second kappa shape index (κ2) is 8.36. The number of likely N-dealkylation sites (tertiary alicyclic amines) is 1. The van der Waals surface area contributed by atoms with E-state index in [-0.39, 0.29) is 65.1 Å². The summed E-state index contributed by atoms with van der Waals surface area (Å²) >= 11 is 0. The van der Waals surface area contributed by atoms with Crippen LogP contribution in [0, 0.1) is 11.1 Å². The maximum atomic E-state index is 13.0. The lowest BCUT2D eigenvalue weighted by Gasteiger charge is -2.42. The van der Waals surface area contributed by atoms with Crippen molar-refractivity contribution in [2.75, 3.05) is 19.7 Å². The molecule has 1 amide bonds. The lowest BCUT2D eigenvalue weighted by atomic mass is 9.83. The minimum Gasteiger partial charge on any atom is -0.595 e. The third kappa shape index (κ3) is 4.26. The van der Waals surface area contributed by atoms with E-state index in [4.69, 9.17) is 9.47 Å². The van der Waals surface area contributed by atoms with E-state index < -0.39 is 16.4 Å². The van der Waals surface area contributed by atoms with Crippen molar-refractivity contribution >= 4 is 17.4 Å². The van der Waals surface area contributed by atoms with Crippen molar-refractivity contribution in [3.63, 3.8) is 0 Å². The minimum atomic E-state index is -1.25. The summed E-state index contributed by atoms with van der Waals surface area (Å²) in [5, 5.41) is 29.6. The van der Waals surface area contributed by atoms with Gasteiger partial charge in [-0.2, -0.15) is 5.23 Å². The van der Waals surface area contributed by atoms with E-state index in [1.54, 1.807) is 24.8 Å². The smallest absolute Gasteiger partial charge is 0.315 e. The molecular weight excluding hydrogens is 458 g/mol. The van der Waals surface area contributed by atoms with E-state index >= 15 is 0 Å². The van der Waals surface area contributed by atoms with E-state index in [1.807, 2.05) is 0 Å². The molecule has 5 rings (SSSR count). The number of Topliss-reactive ketones (excluding diaryl/α,β-unsaturated/α-hetero) is 1. The largest absolute Gasteiger partial charge is 0.595 e. The Morgan fingerprint density at radius 3 is 2.77 bits per heavy atom. The van der Waals surface area contributed by atoms with Gasteiger partial charge < -0.3 is 29.3 Å². The molecule has 2 aromatic rings. The van der Waals surface area contributed by atoms with E-state index in [1.165, 1.54) is 22.8 Å². The quantitative estimate of drug-likeness (QED) is 0.537. The fraction of sp³-hybridized carbons (Fsp3) is 0.458. The minimum absolute atomic E-state index is 0.0291. The number of amides is 1. The molecule has 1 fully saturated rings. The molecule has 0 spiro atoms. The van der Waals surface area contributed by atoms with Crippen LogP contribution in [-0.2, 0) is 11.3 Å². The van der Waals surface area contributed by atoms with Gasteiger partial charge in [0.1, 0.15) is 28.4 Å². The number of pyridine rings is 1. The number of phenolic OH excluding ortho intramolecular Hbond substituents is 1. The molecule has 1 aromatic carbocycles. The summed E-state index contributed by atoms with van der Waals surface area (Å²) < 4.78 is 13.0. The SMILES string of the molecule is CC1(C)CC(=O)c2c(O)cc(OCC(=O)N3CC4CC(C3)c3ccc([NH+]([O-])O)c(=O)n3C4)cc2O1. The van der Waals surface area contributed by atoms with Crippen molar-refractivity contribution in [2.24, 2.45) is 5.92 Å². The molecule has 2 bridgehead atoms. The molecule has 1 aromatic heterocycles. The van der Waals surface area contributed by atoms with Gasteiger partial charge in [0.05, 0.1) is 6.42 Å². The highest BCUT2D eigenvalue weighted by molar-refractivity contribution is 6.03. The zero-order valence-electron chi connectivity index (χ0n) is 19.4. The third-order valence-corrected chi connectivity index (χ3v) is 6.86. The molecule has 3 N–H and O–H groups in total. The van der Waals surface area contributed by atoms with Crippen molar-refractivity contribution in [1.82, 2.24) is 9.47 Å². The number of rotatable bonds is 4. The summed E-state index contributed by atoms with van der Waals surface area (Å²) in [6.07, 6.45) is 0.965. The van der Waals surface area contributed by atoms with Crippen LogP contribution in [0.5, 0.6) is 17.2 Å². The monoisotopic (exact) mass is 485 g/mol. The number of nitrogens with zero attached hydrogens (tertiary/aromatic N) is 2. The van der Waals surface area contributed by atoms with Crippen LogP contribution in [0.3, 0.4) is 0 Å². The van der Waals surface area contributed by atoms with Crippen LogP contribution in [-0.4, -0.2) is 56.8 Å². The van der Waals surface area contributed by atoms with Gasteiger partial charge in [-0.05, 0) is 32.3 Å². The number of piperidine rings is 1. The number of phenols is 1. The summed E-state index contributed by atoms with van der Waals surface area (Å²) in [6.45, 7) is 4.48. The summed E-state index contributed by atoms with van der Waals surface area (Å²) in [4.78, 5) is 39.6. The highest BCUT2D eigenvalue weighted by atomic mass is 16.8. The molecule has 186 valence electrons. The van der Waals surface area contributed by atoms with Crippen molar-refractivity contribution < 1.29 is 34.6 Å². The number of carbonyl (C=O) groups excluding carboxylic acids is 2. The number of nitrogens with one attached hydrogen (secondary N) is 1. The Kier molecular flexibility index (Phi) is 5.58. The van der Waals surface area contributed by atoms with Gasteiger partial charge in [0.25, 0.3) is 5.91 Å². The van der Waals surface area contributed by atoms with E-state index in [9.17, 15) is 29.9 Å². The molecule has 4 heterocycles. The van der Waals surface area contributed by atoms with Gasteiger partial charge in [-0.25, -0.2) is 5.21 Å². The second-order valence-electron chi connectivity index (χ2n) is 10.1. The first-order valence-corrected chi connectivity index (χ1v) is 11.5. The summed E-state index contributed by atoms with van der Waals surface area (Å²) in [6, 6.07) is 5.81.